The molecule has 0 radical (unpaired) electrons. The van der Waals surface area contributed by atoms with Crippen LogP contribution in [0.25, 0.3) is 0 Å². The van der Waals surface area contributed by atoms with Gasteiger partial charge in [-0.2, -0.15) is 4.31 Å². The zero-order valence-electron chi connectivity index (χ0n) is 13.1. The van der Waals surface area contributed by atoms with Crippen molar-refractivity contribution >= 4 is 10.0 Å². The Morgan fingerprint density at radius 3 is 2.47 bits per heavy atom. The number of piperidine rings is 1. The van der Waals surface area contributed by atoms with Crippen LogP contribution >= 0.6 is 0 Å². The number of rotatable bonds is 5. The maximum absolute atomic E-state index is 12.6. The van der Waals surface area contributed by atoms with Crippen LogP contribution in [-0.2, 0) is 10.0 Å². The van der Waals surface area contributed by atoms with Crippen LogP contribution < -0.4 is 5.32 Å². The maximum atomic E-state index is 12.6. The summed E-state index contributed by atoms with van der Waals surface area (Å²) in [5.74, 6) is 0.267. The van der Waals surface area contributed by atoms with Crippen LogP contribution in [0, 0.1) is 5.41 Å². The van der Waals surface area contributed by atoms with Crippen molar-refractivity contribution in [3.63, 3.8) is 0 Å². The van der Waals surface area contributed by atoms with Crippen molar-refractivity contribution in [2.75, 3.05) is 19.3 Å². The minimum absolute atomic E-state index is 0.0625. The van der Waals surface area contributed by atoms with Gasteiger partial charge in [-0.3, -0.25) is 0 Å². The smallest absolute Gasteiger partial charge is 0.214 e. The summed E-state index contributed by atoms with van der Waals surface area (Å²) >= 11 is 0. The third-order valence-electron chi connectivity index (χ3n) is 4.00. The molecule has 1 fully saturated rings. The second kappa shape index (κ2) is 6.55. The second-order valence-corrected chi connectivity index (χ2v) is 8.92. The van der Waals surface area contributed by atoms with Crippen molar-refractivity contribution in [3.05, 3.63) is 0 Å². The van der Waals surface area contributed by atoms with E-state index in [0.29, 0.717) is 13.0 Å². The largest absolute Gasteiger partial charge is 0.316 e. The van der Waals surface area contributed by atoms with Crippen LogP contribution in [0.5, 0.6) is 0 Å². The molecule has 5 heteroatoms. The number of sulfonamides is 1. The lowest BCUT2D eigenvalue weighted by Gasteiger charge is -2.38. The van der Waals surface area contributed by atoms with Gasteiger partial charge in [0.05, 0.1) is 5.75 Å². The molecule has 114 valence electrons. The molecule has 1 N–H and O–H groups in total. The van der Waals surface area contributed by atoms with Crippen molar-refractivity contribution < 1.29 is 8.42 Å². The van der Waals surface area contributed by atoms with Crippen molar-refractivity contribution in [1.82, 2.24) is 9.62 Å². The Morgan fingerprint density at radius 1 is 1.32 bits per heavy atom. The fraction of sp³-hybridized carbons (Fsp3) is 1.00. The standard InChI is InChI=1S/C14H30N2O2S/c1-12(15-5)13-8-6-7-10-16(13)19(17,18)11-9-14(2,3)4/h12-13,15H,6-11H2,1-5H3. The summed E-state index contributed by atoms with van der Waals surface area (Å²) < 4.78 is 26.9. The van der Waals surface area contributed by atoms with E-state index in [1.165, 1.54) is 0 Å². The number of likely N-dealkylation sites (N-methyl/N-ethyl adjacent to an activating group) is 1. The van der Waals surface area contributed by atoms with E-state index in [1.807, 2.05) is 7.05 Å². The summed E-state index contributed by atoms with van der Waals surface area (Å²) in [7, 11) is -1.23. The van der Waals surface area contributed by atoms with Crippen LogP contribution in [0.3, 0.4) is 0 Å². The fourth-order valence-electron chi connectivity index (χ4n) is 2.52. The van der Waals surface area contributed by atoms with E-state index >= 15 is 0 Å². The van der Waals surface area contributed by atoms with Gasteiger partial charge in [0.15, 0.2) is 0 Å². The SMILES string of the molecule is CNC(C)C1CCCCN1S(=O)(=O)CCC(C)(C)C. The quantitative estimate of drug-likeness (QED) is 0.844. The molecule has 0 aromatic carbocycles. The lowest BCUT2D eigenvalue weighted by Crippen LogP contribution is -2.53. The van der Waals surface area contributed by atoms with Gasteiger partial charge in [-0.1, -0.05) is 27.2 Å². The number of nitrogens with one attached hydrogen (secondary N) is 1. The summed E-state index contributed by atoms with van der Waals surface area (Å²) in [4.78, 5) is 0. The number of hydrogen-bond donors (Lipinski definition) is 1. The summed E-state index contributed by atoms with van der Waals surface area (Å²) in [6.45, 7) is 9.02. The lowest BCUT2D eigenvalue weighted by atomic mass is 9.94. The predicted octanol–water partition coefficient (Wildman–Crippen LogP) is 2.21. The molecule has 19 heavy (non-hydrogen) atoms. The molecule has 1 aliphatic rings. The average molecular weight is 290 g/mol. The first-order valence-corrected chi connectivity index (χ1v) is 8.95. The monoisotopic (exact) mass is 290 g/mol. The van der Waals surface area contributed by atoms with E-state index in [1.54, 1.807) is 4.31 Å². The van der Waals surface area contributed by atoms with E-state index in [2.05, 4.69) is 33.0 Å². The summed E-state index contributed by atoms with van der Waals surface area (Å²) in [5, 5.41) is 3.20. The third-order valence-corrected chi connectivity index (χ3v) is 5.89. The summed E-state index contributed by atoms with van der Waals surface area (Å²) in [5.41, 5.74) is 0.0625. The first-order valence-electron chi connectivity index (χ1n) is 7.34. The molecule has 2 unspecified atom stereocenters. The van der Waals surface area contributed by atoms with Crippen LogP contribution in [0.4, 0.5) is 0 Å². The number of nitrogens with zero attached hydrogens (tertiary/aromatic N) is 1. The average Bonchev–Trinajstić information content (AvgIpc) is 2.35. The molecule has 0 amide bonds. The minimum Gasteiger partial charge on any atom is -0.316 e. The van der Waals surface area contributed by atoms with Gasteiger partial charge in [0.1, 0.15) is 0 Å². The van der Waals surface area contributed by atoms with Crippen LogP contribution in [0.2, 0.25) is 0 Å². The van der Waals surface area contributed by atoms with Crippen molar-refractivity contribution in [2.45, 2.75) is 65.5 Å². The Balaban J connectivity index is 2.78. The van der Waals surface area contributed by atoms with E-state index in [0.717, 1.165) is 19.3 Å². The molecule has 0 aromatic heterocycles. The Kier molecular flexibility index (Phi) is 5.83. The molecule has 4 nitrogen and oxygen atoms in total. The highest BCUT2D eigenvalue weighted by Gasteiger charge is 2.35. The molecule has 0 aliphatic carbocycles. The van der Waals surface area contributed by atoms with Gasteiger partial charge >= 0.3 is 0 Å². The van der Waals surface area contributed by atoms with Gasteiger partial charge in [-0.25, -0.2) is 8.42 Å². The first kappa shape index (κ1) is 16.9. The Labute approximate surface area is 119 Å². The molecule has 0 bridgehead atoms. The molecule has 0 saturated carbocycles. The van der Waals surface area contributed by atoms with Gasteiger partial charge in [0.25, 0.3) is 0 Å². The topological polar surface area (TPSA) is 49.4 Å². The number of hydrogen-bond acceptors (Lipinski definition) is 3. The van der Waals surface area contributed by atoms with Gasteiger partial charge in [0.2, 0.25) is 10.0 Å². The molecule has 0 aromatic rings. The van der Waals surface area contributed by atoms with Crippen molar-refractivity contribution in [3.8, 4) is 0 Å². The fourth-order valence-corrected chi connectivity index (χ4v) is 4.73. The highest BCUT2D eigenvalue weighted by molar-refractivity contribution is 7.89. The first-order chi connectivity index (χ1) is 8.67. The van der Waals surface area contributed by atoms with Gasteiger partial charge in [-0.15, -0.1) is 0 Å². The van der Waals surface area contributed by atoms with Gasteiger partial charge in [0, 0.05) is 18.6 Å². The molecule has 1 saturated heterocycles. The maximum Gasteiger partial charge on any atom is 0.214 e. The molecular formula is C14H30N2O2S. The summed E-state index contributed by atoms with van der Waals surface area (Å²) in [6.07, 6.45) is 3.80. The van der Waals surface area contributed by atoms with E-state index in [-0.39, 0.29) is 23.3 Å². The Hall–Kier alpha value is -0.130. The van der Waals surface area contributed by atoms with Crippen LogP contribution in [-0.4, -0.2) is 44.2 Å². The van der Waals surface area contributed by atoms with Crippen LogP contribution in [0.1, 0.15) is 53.4 Å². The second-order valence-electron chi connectivity index (χ2n) is 6.88. The zero-order chi connectivity index (χ0) is 14.7. The normalized spacial score (nSPS) is 24.4. The van der Waals surface area contributed by atoms with Crippen molar-refractivity contribution in [1.29, 1.82) is 0 Å². The molecule has 0 spiro atoms. The molecular weight excluding hydrogens is 260 g/mol. The minimum atomic E-state index is -3.13. The van der Waals surface area contributed by atoms with E-state index < -0.39 is 10.0 Å². The summed E-state index contributed by atoms with van der Waals surface area (Å²) in [6, 6.07) is 0.327. The van der Waals surface area contributed by atoms with Crippen molar-refractivity contribution in [2.24, 2.45) is 5.41 Å². The molecule has 1 aliphatic heterocycles. The molecule has 1 rings (SSSR count). The lowest BCUT2D eigenvalue weighted by molar-refractivity contribution is 0.212. The highest BCUT2D eigenvalue weighted by Crippen LogP contribution is 2.26. The third kappa shape index (κ3) is 5.04. The van der Waals surface area contributed by atoms with Gasteiger partial charge in [-0.05, 0) is 38.6 Å². The Bertz CT molecular complexity index is 373. The molecule has 1 heterocycles. The van der Waals surface area contributed by atoms with E-state index in [9.17, 15) is 8.42 Å². The van der Waals surface area contributed by atoms with Gasteiger partial charge < -0.3 is 5.32 Å². The Morgan fingerprint density at radius 2 is 1.95 bits per heavy atom. The highest BCUT2D eigenvalue weighted by atomic mass is 32.2. The predicted molar refractivity (Wildman–Crippen MR) is 80.7 cm³/mol. The molecule has 2 atom stereocenters. The van der Waals surface area contributed by atoms with Crippen LogP contribution in [0.15, 0.2) is 0 Å². The van der Waals surface area contributed by atoms with E-state index in [4.69, 9.17) is 0 Å². The zero-order valence-corrected chi connectivity index (χ0v) is 13.9.